The van der Waals surface area contributed by atoms with E-state index in [2.05, 4.69) is 15.8 Å². The van der Waals surface area contributed by atoms with Gasteiger partial charge in [-0.05, 0) is 30.0 Å². The van der Waals surface area contributed by atoms with E-state index in [9.17, 15) is 24.0 Å². The Balaban J connectivity index is 1.18. The Hall–Kier alpha value is -4.32. The number of carbonyl (C=O) groups excluding carboxylic acids is 5. The predicted octanol–water partition coefficient (Wildman–Crippen LogP) is 0.892. The summed E-state index contributed by atoms with van der Waals surface area (Å²) in [5.74, 6) is -2.62. The highest BCUT2D eigenvalue weighted by molar-refractivity contribution is 7.12. The van der Waals surface area contributed by atoms with Crippen LogP contribution in [-0.4, -0.2) is 62.0 Å². The number of hydrogen-bond donors (Lipinski definition) is 2. The Kier molecular flexibility index (Phi) is 4.39. The van der Waals surface area contributed by atoms with Crippen molar-refractivity contribution in [3.8, 4) is 5.69 Å². The number of nitrogens with zero attached hydrogens (tertiary/aromatic N) is 4. The Morgan fingerprint density at radius 2 is 1.76 bits per heavy atom. The fraction of sp³-hybridized carbons (Fsp3) is 0.182. The molecule has 0 radical (unpaired) electrons. The van der Waals surface area contributed by atoms with E-state index < -0.39 is 30.2 Å². The van der Waals surface area contributed by atoms with E-state index in [1.165, 1.54) is 29.8 Å². The molecule has 3 aliphatic heterocycles. The molecule has 1 unspecified atom stereocenters. The number of nitrogens with one attached hydrogen (secondary N) is 2. The van der Waals surface area contributed by atoms with Crippen LogP contribution >= 0.6 is 11.3 Å². The summed E-state index contributed by atoms with van der Waals surface area (Å²) in [6.45, 7) is 0.0428. The van der Waals surface area contributed by atoms with Crippen molar-refractivity contribution in [3.05, 3.63) is 69.4 Å². The van der Waals surface area contributed by atoms with Gasteiger partial charge in [-0.25, -0.2) is 4.98 Å². The van der Waals surface area contributed by atoms with Crippen LogP contribution in [0.2, 0.25) is 0 Å². The van der Waals surface area contributed by atoms with Gasteiger partial charge in [0.25, 0.3) is 29.5 Å². The first-order valence-electron chi connectivity index (χ1n) is 10.5. The SMILES string of the molecule is O=C(CN1C(=O)c2ccccc2C1=O)NNC(=O)c1ncn2c1C1CCN1C(=O)c1sccc1-2. The molecule has 1 fully saturated rings. The zero-order valence-electron chi connectivity index (χ0n) is 17.5. The molecule has 0 spiro atoms. The number of benzene rings is 1. The molecule has 0 saturated carbocycles. The predicted molar refractivity (Wildman–Crippen MR) is 117 cm³/mol. The number of imide groups is 1. The van der Waals surface area contributed by atoms with Crippen molar-refractivity contribution >= 4 is 40.9 Å². The van der Waals surface area contributed by atoms with Gasteiger partial charge in [0.1, 0.15) is 17.7 Å². The van der Waals surface area contributed by atoms with Crippen molar-refractivity contribution in [2.45, 2.75) is 12.5 Å². The first-order chi connectivity index (χ1) is 16.5. The third-order valence-electron chi connectivity index (χ3n) is 6.21. The van der Waals surface area contributed by atoms with Crippen molar-refractivity contribution in [2.24, 2.45) is 0 Å². The summed E-state index contributed by atoms with van der Waals surface area (Å²) in [7, 11) is 0. The molecule has 5 amide bonds. The number of amides is 5. The number of imidazole rings is 1. The van der Waals surface area contributed by atoms with E-state index in [1.807, 2.05) is 5.38 Å². The average molecular weight is 476 g/mol. The third kappa shape index (κ3) is 2.81. The maximum absolute atomic E-state index is 12.9. The normalized spacial score (nSPS) is 17.9. The van der Waals surface area contributed by atoms with Crippen LogP contribution in [0.5, 0.6) is 0 Å². The molecule has 170 valence electrons. The van der Waals surface area contributed by atoms with Gasteiger partial charge in [0.15, 0.2) is 5.69 Å². The summed E-state index contributed by atoms with van der Waals surface area (Å²) in [5.41, 5.74) is 6.34. The zero-order valence-corrected chi connectivity index (χ0v) is 18.3. The lowest BCUT2D eigenvalue weighted by atomic mass is 9.98. The van der Waals surface area contributed by atoms with Crippen molar-refractivity contribution in [1.29, 1.82) is 0 Å². The molecule has 3 aliphatic rings. The fourth-order valence-corrected chi connectivity index (χ4v) is 5.33. The molecule has 1 atom stereocenters. The molecular formula is C22H16N6O5S. The van der Waals surface area contributed by atoms with E-state index in [4.69, 9.17) is 0 Å². The van der Waals surface area contributed by atoms with Crippen molar-refractivity contribution < 1.29 is 24.0 Å². The number of aromatic nitrogens is 2. The standard InChI is InChI=1S/C22H16N6O5S/c29-15(9-27-20(31)11-3-1-2-4-12(11)21(27)32)24-25-19(30)16-17-13-5-7-26(13)22(33)18-14(6-8-34-18)28(17)10-23-16/h1-4,6,8,10,13H,5,7,9H2,(H,24,29)(H,25,30). The highest BCUT2D eigenvalue weighted by Crippen LogP contribution is 2.42. The van der Waals surface area contributed by atoms with Gasteiger partial charge >= 0.3 is 0 Å². The van der Waals surface area contributed by atoms with Crippen LogP contribution in [0.15, 0.2) is 42.0 Å². The molecule has 12 heteroatoms. The highest BCUT2D eigenvalue weighted by Gasteiger charge is 2.43. The maximum atomic E-state index is 12.9. The molecule has 11 nitrogen and oxygen atoms in total. The van der Waals surface area contributed by atoms with Gasteiger partial charge in [-0.3, -0.25) is 44.3 Å². The summed E-state index contributed by atoms with van der Waals surface area (Å²) in [4.78, 5) is 70.3. The van der Waals surface area contributed by atoms with Gasteiger partial charge in [0.05, 0.1) is 28.6 Å². The lowest BCUT2D eigenvalue weighted by Crippen LogP contribution is -2.48. The van der Waals surface area contributed by atoms with Crippen LogP contribution in [0.3, 0.4) is 0 Å². The second-order valence-corrected chi connectivity index (χ2v) is 8.95. The number of rotatable bonds is 3. The number of fused-ring (bicyclic) bond motifs is 6. The maximum Gasteiger partial charge on any atom is 0.290 e. The minimum Gasteiger partial charge on any atom is -0.329 e. The van der Waals surface area contributed by atoms with Crippen LogP contribution in [0, 0.1) is 0 Å². The smallest absolute Gasteiger partial charge is 0.290 e. The van der Waals surface area contributed by atoms with Gasteiger partial charge in [-0.2, -0.15) is 0 Å². The second kappa shape index (κ2) is 7.35. The summed E-state index contributed by atoms with van der Waals surface area (Å²) in [6, 6.07) is 7.83. The van der Waals surface area contributed by atoms with Gasteiger partial charge in [-0.1, -0.05) is 12.1 Å². The summed E-state index contributed by atoms with van der Waals surface area (Å²) in [5, 5.41) is 1.81. The lowest BCUT2D eigenvalue weighted by Gasteiger charge is -2.39. The molecule has 5 heterocycles. The van der Waals surface area contributed by atoms with Crippen LogP contribution in [0.4, 0.5) is 0 Å². The number of carbonyl (C=O) groups is 5. The van der Waals surface area contributed by atoms with Crippen LogP contribution in [-0.2, 0) is 4.79 Å². The summed E-state index contributed by atoms with van der Waals surface area (Å²) < 4.78 is 1.74. The largest absolute Gasteiger partial charge is 0.329 e. The number of hydrazine groups is 1. The van der Waals surface area contributed by atoms with Gasteiger partial charge < -0.3 is 4.90 Å². The molecule has 0 aliphatic carbocycles. The zero-order chi connectivity index (χ0) is 23.6. The summed E-state index contributed by atoms with van der Waals surface area (Å²) in [6.07, 6.45) is 2.18. The Bertz CT molecular complexity index is 1390. The highest BCUT2D eigenvalue weighted by atomic mass is 32.1. The third-order valence-corrected chi connectivity index (χ3v) is 7.10. The van der Waals surface area contributed by atoms with Gasteiger partial charge in [0.2, 0.25) is 0 Å². The first-order valence-corrected chi connectivity index (χ1v) is 11.3. The molecule has 6 rings (SSSR count). The van der Waals surface area contributed by atoms with E-state index in [-0.39, 0.29) is 28.8 Å². The van der Waals surface area contributed by atoms with Crippen molar-refractivity contribution in [1.82, 2.24) is 30.2 Å². The van der Waals surface area contributed by atoms with E-state index in [1.54, 1.807) is 27.7 Å². The molecular weight excluding hydrogens is 460 g/mol. The minimum absolute atomic E-state index is 0.0782. The Morgan fingerprint density at radius 1 is 1.03 bits per heavy atom. The topological polar surface area (TPSA) is 134 Å². The molecule has 0 bridgehead atoms. The van der Waals surface area contributed by atoms with E-state index in [0.717, 1.165) is 4.90 Å². The second-order valence-electron chi connectivity index (χ2n) is 8.03. The van der Waals surface area contributed by atoms with Gasteiger partial charge in [0, 0.05) is 6.54 Å². The van der Waals surface area contributed by atoms with Crippen LogP contribution in [0.1, 0.15) is 59.0 Å². The van der Waals surface area contributed by atoms with Crippen LogP contribution < -0.4 is 10.9 Å². The van der Waals surface area contributed by atoms with Crippen molar-refractivity contribution in [2.75, 3.05) is 13.1 Å². The lowest BCUT2D eigenvalue weighted by molar-refractivity contribution is -0.122. The fourth-order valence-electron chi connectivity index (χ4n) is 4.49. The quantitative estimate of drug-likeness (QED) is 0.426. The molecule has 2 N–H and O–H groups in total. The Morgan fingerprint density at radius 3 is 2.44 bits per heavy atom. The van der Waals surface area contributed by atoms with E-state index >= 15 is 0 Å². The van der Waals surface area contributed by atoms with Gasteiger partial charge in [-0.15, -0.1) is 11.3 Å². The minimum atomic E-state index is -0.742. The molecule has 34 heavy (non-hydrogen) atoms. The number of hydrogen-bond acceptors (Lipinski definition) is 7. The molecule has 1 aromatic carbocycles. The molecule has 2 aromatic heterocycles. The average Bonchev–Trinajstić information content (AvgIpc) is 3.50. The van der Waals surface area contributed by atoms with Crippen LogP contribution in [0.25, 0.3) is 5.69 Å². The number of thiophene rings is 1. The van der Waals surface area contributed by atoms with Crippen molar-refractivity contribution in [3.63, 3.8) is 0 Å². The monoisotopic (exact) mass is 476 g/mol. The molecule has 3 aromatic rings. The first kappa shape index (κ1) is 20.3. The van der Waals surface area contributed by atoms with E-state index in [0.29, 0.717) is 29.2 Å². The molecule has 1 saturated heterocycles. The summed E-state index contributed by atoms with van der Waals surface area (Å²) >= 11 is 1.34. The Labute approximate surface area is 195 Å².